The van der Waals surface area contributed by atoms with Gasteiger partial charge in [0.1, 0.15) is 0 Å². The molecular formula is C9H10BrN3S. The zero-order valence-electron chi connectivity index (χ0n) is 7.62. The zero-order valence-corrected chi connectivity index (χ0v) is 10.0. The van der Waals surface area contributed by atoms with E-state index in [4.69, 9.17) is 12.2 Å². The van der Waals surface area contributed by atoms with Gasteiger partial charge in [0.2, 0.25) is 0 Å². The van der Waals surface area contributed by atoms with Crippen LogP contribution in [0.1, 0.15) is 5.56 Å². The average Bonchev–Trinajstić information content (AvgIpc) is 2.20. The van der Waals surface area contributed by atoms with E-state index in [-0.39, 0.29) is 0 Å². The van der Waals surface area contributed by atoms with Crippen LogP contribution in [-0.2, 0) is 0 Å². The summed E-state index contributed by atoms with van der Waals surface area (Å²) in [6.07, 6.45) is 1.70. The van der Waals surface area contributed by atoms with Crippen LogP contribution >= 0.6 is 28.1 Å². The fraction of sp³-hybridized carbons (Fsp3) is 0.111. The first kappa shape index (κ1) is 11.1. The fourth-order valence-corrected chi connectivity index (χ4v) is 1.24. The van der Waals surface area contributed by atoms with E-state index in [2.05, 4.69) is 31.8 Å². The molecule has 0 saturated heterocycles. The molecule has 5 heteroatoms. The predicted molar refractivity (Wildman–Crippen MR) is 66.5 cm³/mol. The van der Waals surface area contributed by atoms with Crippen molar-refractivity contribution < 1.29 is 0 Å². The Bertz CT molecular complexity index is 352. The Labute approximate surface area is 96.7 Å². The van der Waals surface area contributed by atoms with Gasteiger partial charge in [-0.15, -0.1) is 0 Å². The molecule has 1 aromatic rings. The molecule has 0 radical (unpaired) electrons. The Morgan fingerprint density at radius 3 is 2.86 bits per heavy atom. The van der Waals surface area contributed by atoms with Crippen molar-refractivity contribution in [1.82, 2.24) is 10.7 Å². The highest BCUT2D eigenvalue weighted by molar-refractivity contribution is 9.10. The maximum atomic E-state index is 4.86. The molecule has 1 aromatic carbocycles. The van der Waals surface area contributed by atoms with Gasteiger partial charge in [0.25, 0.3) is 0 Å². The highest BCUT2D eigenvalue weighted by Gasteiger charge is 1.93. The van der Waals surface area contributed by atoms with E-state index < -0.39 is 0 Å². The van der Waals surface area contributed by atoms with Crippen LogP contribution in [0.2, 0.25) is 0 Å². The van der Waals surface area contributed by atoms with E-state index in [0.717, 1.165) is 10.0 Å². The van der Waals surface area contributed by atoms with E-state index in [1.165, 1.54) is 0 Å². The average molecular weight is 272 g/mol. The third-order valence-electron chi connectivity index (χ3n) is 1.50. The Hall–Kier alpha value is -0.940. The highest BCUT2D eigenvalue weighted by Crippen LogP contribution is 2.13. The Morgan fingerprint density at radius 1 is 1.50 bits per heavy atom. The van der Waals surface area contributed by atoms with Crippen molar-refractivity contribution in [3.63, 3.8) is 0 Å². The van der Waals surface area contributed by atoms with E-state index in [0.29, 0.717) is 5.11 Å². The first-order chi connectivity index (χ1) is 6.74. The molecule has 1 rings (SSSR count). The van der Waals surface area contributed by atoms with E-state index >= 15 is 0 Å². The molecule has 14 heavy (non-hydrogen) atoms. The molecule has 0 spiro atoms. The van der Waals surface area contributed by atoms with Crippen LogP contribution in [0.3, 0.4) is 0 Å². The molecule has 0 saturated carbocycles. The van der Waals surface area contributed by atoms with Gasteiger partial charge in [-0.1, -0.05) is 34.1 Å². The molecule has 74 valence electrons. The monoisotopic (exact) mass is 271 g/mol. The van der Waals surface area contributed by atoms with Crippen LogP contribution in [0.5, 0.6) is 0 Å². The maximum Gasteiger partial charge on any atom is 0.186 e. The largest absolute Gasteiger partial charge is 0.364 e. The molecule has 0 unspecified atom stereocenters. The zero-order chi connectivity index (χ0) is 10.4. The number of hydrogen-bond acceptors (Lipinski definition) is 2. The summed E-state index contributed by atoms with van der Waals surface area (Å²) in [5.74, 6) is 0. The van der Waals surface area contributed by atoms with Gasteiger partial charge in [0.05, 0.1) is 6.21 Å². The van der Waals surface area contributed by atoms with Gasteiger partial charge in [-0.2, -0.15) is 5.10 Å². The minimum Gasteiger partial charge on any atom is -0.364 e. The molecular weight excluding hydrogens is 262 g/mol. The highest BCUT2D eigenvalue weighted by atomic mass is 79.9. The SMILES string of the molecule is CNC(=S)N/N=C/c1ccccc1Br. The number of hydrogen-bond donors (Lipinski definition) is 2. The molecule has 2 N–H and O–H groups in total. The van der Waals surface area contributed by atoms with E-state index in [9.17, 15) is 0 Å². The molecule has 0 aliphatic carbocycles. The number of thiocarbonyl (C=S) groups is 1. The van der Waals surface area contributed by atoms with Gasteiger partial charge in [-0.05, 0) is 18.3 Å². The maximum absolute atomic E-state index is 4.86. The van der Waals surface area contributed by atoms with Gasteiger partial charge in [0, 0.05) is 17.1 Å². The second-order valence-electron chi connectivity index (χ2n) is 2.47. The van der Waals surface area contributed by atoms with Crippen LogP contribution in [-0.4, -0.2) is 18.4 Å². The van der Waals surface area contributed by atoms with Gasteiger partial charge in [-0.3, -0.25) is 5.43 Å². The predicted octanol–water partition coefficient (Wildman–Crippen LogP) is 1.88. The first-order valence-corrected chi connectivity index (χ1v) is 5.19. The summed E-state index contributed by atoms with van der Waals surface area (Å²) in [5.41, 5.74) is 3.68. The topological polar surface area (TPSA) is 36.4 Å². The summed E-state index contributed by atoms with van der Waals surface area (Å²) in [7, 11) is 1.74. The van der Waals surface area contributed by atoms with E-state index in [1.54, 1.807) is 13.3 Å². The third-order valence-corrected chi connectivity index (χ3v) is 2.52. The van der Waals surface area contributed by atoms with Crippen LogP contribution in [0, 0.1) is 0 Å². The summed E-state index contributed by atoms with van der Waals surface area (Å²) >= 11 is 8.27. The normalized spacial score (nSPS) is 10.1. The van der Waals surface area contributed by atoms with Crippen molar-refractivity contribution in [1.29, 1.82) is 0 Å². The summed E-state index contributed by atoms with van der Waals surface area (Å²) in [6, 6.07) is 7.81. The number of halogens is 1. The van der Waals surface area contributed by atoms with Crippen molar-refractivity contribution in [2.45, 2.75) is 0 Å². The number of rotatable bonds is 2. The molecule has 0 heterocycles. The van der Waals surface area contributed by atoms with Gasteiger partial charge < -0.3 is 5.32 Å². The molecule has 0 amide bonds. The summed E-state index contributed by atoms with van der Waals surface area (Å²) in [4.78, 5) is 0. The van der Waals surface area contributed by atoms with Crippen molar-refractivity contribution in [3.05, 3.63) is 34.3 Å². The quantitative estimate of drug-likeness (QED) is 0.490. The number of benzene rings is 1. The fourth-order valence-electron chi connectivity index (χ4n) is 0.796. The molecule has 0 bridgehead atoms. The number of hydrazone groups is 1. The third kappa shape index (κ3) is 3.43. The summed E-state index contributed by atoms with van der Waals surface area (Å²) in [6.45, 7) is 0. The minimum absolute atomic E-state index is 0.494. The van der Waals surface area contributed by atoms with Crippen molar-refractivity contribution in [2.24, 2.45) is 5.10 Å². The molecule has 3 nitrogen and oxygen atoms in total. The first-order valence-electron chi connectivity index (χ1n) is 3.99. The lowest BCUT2D eigenvalue weighted by molar-refractivity contribution is 0.982. The van der Waals surface area contributed by atoms with Crippen molar-refractivity contribution >= 4 is 39.5 Å². The lowest BCUT2D eigenvalue weighted by atomic mass is 10.2. The second-order valence-corrected chi connectivity index (χ2v) is 3.73. The molecule has 0 aliphatic heterocycles. The van der Waals surface area contributed by atoms with Crippen molar-refractivity contribution in [3.8, 4) is 0 Å². The second kappa shape index (κ2) is 5.72. The number of nitrogens with zero attached hydrogens (tertiary/aromatic N) is 1. The number of nitrogens with one attached hydrogen (secondary N) is 2. The minimum atomic E-state index is 0.494. The van der Waals surface area contributed by atoms with Crippen LogP contribution in [0.25, 0.3) is 0 Å². The molecule has 0 aliphatic rings. The standard InChI is InChI=1S/C9H10BrN3S/c1-11-9(14)13-12-6-7-4-2-3-5-8(7)10/h2-6H,1H3,(H2,11,13,14)/b12-6+. The summed E-state index contributed by atoms with van der Waals surface area (Å²) in [5, 5.41) is 7.22. The van der Waals surface area contributed by atoms with Crippen LogP contribution in [0.4, 0.5) is 0 Å². The smallest absolute Gasteiger partial charge is 0.186 e. The lowest BCUT2D eigenvalue weighted by Gasteiger charge is -2.00. The molecule has 0 atom stereocenters. The van der Waals surface area contributed by atoms with Crippen molar-refractivity contribution in [2.75, 3.05) is 7.05 Å². The van der Waals surface area contributed by atoms with Crippen LogP contribution < -0.4 is 10.7 Å². The van der Waals surface area contributed by atoms with Crippen LogP contribution in [0.15, 0.2) is 33.8 Å². The van der Waals surface area contributed by atoms with E-state index in [1.807, 2.05) is 24.3 Å². The molecule has 0 fully saturated rings. The van der Waals surface area contributed by atoms with Gasteiger partial charge in [-0.25, -0.2) is 0 Å². The molecule has 0 aromatic heterocycles. The Balaban J connectivity index is 2.60. The summed E-state index contributed by atoms with van der Waals surface area (Å²) < 4.78 is 1.00. The Morgan fingerprint density at radius 2 is 2.21 bits per heavy atom. The van der Waals surface area contributed by atoms with Gasteiger partial charge >= 0.3 is 0 Å². The van der Waals surface area contributed by atoms with Gasteiger partial charge in [0.15, 0.2) is 5.11 Å². The Kier molecular flexibility index (Phi) is 4.55. The lowest BCUT2D eigenvalue weighted by Crippen LogP contribution is -2.28.